The molecule has 2 heterocycles. The maximum Gasteiger partial charge on any atom is 0.138 e. The van der Waals surface area contributed by atoms with E-state index >= 15 is 0 Å². The Balaban J connectivity index is 1.82. The van der Waals surface area contributed by atoms with E-state index in [-0.39, 0.29) is 0 Å². The summed E-state index contributed by atoms with van der Waals surface area (Å²) in [5.41, 5.74) is 0. The summed E-state index contributed by atoms with van der Waals surface area (Å²) < 4.78 is 1.08. The number of halogens is 1. The predicted octanol–water partition coefficient (Wildman–Crippen LogP) is 3.01. The number of piperidine rings is 1. The molecule has 1 aliphatic heterocycles. The predicted molar refractivity (Wildman–Crippen MR) is 70.9 cm³/mol. The lowest BCUT2D eigenvalue weighted by molar-refractivity contribution is -0.119. The van der Waals surface area contributed by atoms with Gasteiger partial charge in [0.05, 0.1) is 0 Å². The normalized spacial score (nSPS) is 20.9. The van der Waals surface area contributed by atoms with Crippen LogP contribution in [-0.4, -0.2) is 18.9 Å². The van der Waals surface area contributed by atoms with Crippen molar-refractivity contribution < 1.29 is 4.79 Å². The summed E-state index contributed by atoms with van der Waals surface area (Å²) in [5, 5.41) is 5.37. The first-order valence-corrected chi connectivity index (χ1v) is 7.37. The number of nitrogens with one attached hydrogen (secondary N) is 1. The first kappa shape index (κ1) is 12.3. The number of Topliss-reactive ketones (excluding diaryl/α,β-unsaturated/α-hetero) is 1. The van der Waals surface area contributed by atoms with Gasteiger partial charge < -0.3 is 5.32 Å². The lowest BCUT2D eigenvalue weighted by atomic mass is 9.93. The Morgan fingerprint density at radius 2 is 2.50 bits per heavy atom. The lowest BCUT2D eigenvalue weighted by Crippen LogP contribution is -2.31. The van der Waals surface area contributed by atoms with Crippen LogP contribution < -0.4 is 5.32 Å². The third kappa shape index (κ3) is 3.40. The summed E-state index contributed by atoms with van der Waals surface area (Å²) in [5.74, 6) is 0.928. The average Bonchev–Trinajstić information content (AvgIpc) is 2.66. The van der Waals surface area contributed by atoms with Crippen molar-refractivity contribution in [3.8, 4) is 0 Å². The molecular formula is C12H16BrNOS. The molecule has 0 amide bonds. The van der Waals surface area contributed by atoms with Crippen LogP contribution >= 0.6 is 27.3 Å². The van der Waals surface area contributed by atoms with Crippen molar-refractivity contribution in [1.29, 1.82) is 0 Å². The SMILES string of the molecule is O=C(Cc1sccc1Br)CC1CCCNC1. The van der Waals surface area contributed by atoms with E-state index in [9.17, 15) is 4.79 Å². The third-order valence-electron chi connectivity index (χ3n) is 2.96. The molecule has 0 aliphatic carbocycles. The van der Waals surface area contributed by atoms with Crippen LogP contribution in [0.25, 0.3) is 0 Å². The molecule has 1 aromatic rings. The van der Waals surface area contributed by atoms with Gasteiger partial charge in [0, 0.05) is 22.2 Å². The van der Waals surface area contributed by atoms with E-state index in [2.05, 4.69) is 21.2 Å². The average molecular weight is 302 g/mol. The maximum atomic E-state index is 11.9. The van der Waals surface area contributed by atoms with Gasteiger partial charge in [-0.2, -0.15) is 0 Å². The van der Waals surface area contributed by atoms with Gasteiger partial charge in [0.15, 0.2) is 0 Å². The molecule has 1 N–H and O–H groups in total. The van der Waals surface area contributed by atoms with Gasteiger partial charge in [0.1, 0.15) is 5.78 Å². The number of carbonyl (C=O) groups is 1. The van der Waals surface area contributed by atoms with Crippen LogP contribution in [0.15, 0.2) is 15.9 Å². The Bertz CT molecular complexity index is 358. The standard InChI is InChI=1S/C12H16BrNOS/c13-11-3-5-16-12(11)7-10(15)6-9-2-1-4-14-8-9/h3,5,9,14H,1-2,4,6-8H2. The maximum absolute atomic E-state index is 11.9. The van der Waals surface area contributed by atoms with E-state index in [1.165, 1.54) is 12.8 Å². The number of carbonyl (C=O) groups excluding carboxylic acids is 1. The molecule has 1 atom stereocenters. The van der Waals surface area contributed by atoms with Gasteiger partial charge in [0.2, 0.25) is 0 Å². The molecule has 16 heavy (non-hydrogen) atoms. The minimum atomic E-state index is 0.372. The van der Waals surface area contributed by atoms with Crippen LogP contribution in [0.2, 0.25) is 0 Å². The zero-order valence-corrected chi connectivity index (χ0v) is 11.6. The lowest BCUT2D eigenvalue weighted by Gasteiger charge is -2.21. The molecule has 0 saturated carbocycles. The smallest absolute Gasteiger partial charge is 0.138 e. The zero-order chi connectivity index (χ0) is 11.4. The van der Waals surface area contributed by atoms with E-state index < -0.39 is 0 Å². The van der Waals surface area contributed by atoms with Gasteiger partial charge in [-0.25, -0.2) is 0 Å². The highest BCUT2D eigenvalue weighted by molar-refractivity contribution is 9.10. The minimum Gasteiger partial charge on any atom is -0.316 e. The zero-order valence-electron chi connectivity index (χ0n) is 9.17. The van der Waals surface area contributed by atoms with Gasteiger partial charge in [-0.15, -0.1) is 11.3 Å². The summed E-state index contributed by atoms with van der Waals surface area (Å²) in [4.78, 5) is 13.0. The number of rotatable bonds is 4. The Labute approximate surface area is 109 Å². The molecule has 1 aromatic heterocycles. The number of thiophene rings is 1. The molecule has 2 nitrogen and oxygen atoms in total. The third-order valence-corrected chi connectivity index (χ3v) is 4.89. The Morgan fingerprint density at radius 3 is 3.12 bits per heavy atom. The van der Waals surface area contributed by atoms with Gasteiger partial charge in [-0.05, 0) is 59.2 Å². The van der Waals surface area contributed by atoms with E-state index in [4.69, 9.17) is 0 Å². The molecular weight excluding hydrogens is 286 g/mol. The minimum absolute atomic E-state index is 0.372. The van der Waals surface area contributed by atoms with Gasteiger partial charge >= 0.3 is 0 Å². The van der Waals surface area contributed by atoms with Crippen LogP contribution in [0, 0.1) is 5.92 Å². The van der Waals surface area contributed by atoms with Crippen molar-refractivity contribution in [3.63, 3.8) is 0 Å². The van der Waals surface area contributed by atoms with Crippen molar-refractivity contribution in [2.24, 2.45) is 5.92 Å². The second-order valence-electron chi connectivity index (χ2n) is 4.32. The van der Waals surface area contributed by atoms with Crippen LogP contribution in [0.1, 0.15) is 24.1 Å². The fraction of sp³-hybridized carbons (Fsp3) is 0.583. The van der Waals surface area contributed by atoms with E-state index in [0.29, 0.717) is 18.1 Å². The molecule has 0 radical (unpaired) electrons. The molecule has 88 valence electrons. The van der Waals surface area contributed by atoms with E-state index in [1.54, 1.807) is 11.3 Å². The second kappa shape index (κ2) is 5.94. The molecule has 2 rings (SSSR count). The van der Waals surface area contributed by atoms with E-state index in [0.717, 1.165) is 28.9 Å². The Kier molecular flexibility index (Phi) is 4.55. The fourth-order valence-electron chi connectivity index (χ4n) is 2.12. The monoisotopic (exact) mass is 301 g/mol. The second-order valence-corrected chi connectivity index (χ2v) is 6.18. The first-order chi connectivity index (χ1) is 7.75. The highest BCUT2D eigenvalue weighted by Gasteiger charge is 2.17. The molecule has 1 fully saturated rings. The van der Waals surface area contributed by atoms with Crippen molar-refractivity contribution in [2.75, 3.05) is 13.1 Å². The van der Waals surface area contributed by atoms with Crippen LogP contribution in [0.3, 0.4) is 0 Å². The van der Waals surface area contributed by atoms with Crippen molar-refractivity contribution in [2.45, 2.75) is 25.7 Å². The molecule has 0 spiro atoms. The molecule has 4 heteroatoms. The summed E-state index contributed by atoms with van der Waals surface area (Å²) in [6.45, 7) is 2.12. The first-order valence-electron chi connectivity index (χ1n) is 5.70. The number of hydrogen-bond donors (Lipinski definition) is 1. The van der Waals surface area contributed by atoms with Crippen LogP contribution in [-0.2, 0) is 11.2 Å². The number of hydrogen-bond acceptors (Lipinski definition) is 3. The topological polar surface area (TPSA) is 29.1 Å². The highest BCUT2D eigenvalue weighted by atomic mass is 79.9. The van der Waals surface area contributed by atoms with Gasteiger partial charge in [-0.3, -0.25) is 4.79 Å². The van der Waals surface area contributed by atoms with Gasteiger partial charge in [-0.1, -0.05) is 0 Å². The summed E-state index contributed by atoms with van der Waals surface area (Å²) >= 11 is 5.12. The van der Waals surface area contributed by atoms with Crippen molar-refractivity contribution in [1.82, 2.24) is 5.32 Å². The number of ketones is 1. The Morgan fingerprint density at radius 1 is 1.62 bits per heavy atom. The van der Waals surface area contributed by atoms with E-state index in [1.807, 2.05) is 11.4 Å². The fourth-order valence-corrected chi connectivity index (χ4v) is 3.64. The largest absolute Gasteiger partial charge is 0.316 e. The molecule has 0 bridgehead atoms. The van der Waals surface area contributed by atoms with Gasteiger partial charge in [0.25, 0.3) is 0 Å². The molecule has 0 aromatic carbocycles. The Hall–Kier alpha value is -0.190. The molecule has 1 aliphatic rings. The van der Waals surface area contributed by atoms with Crippen LogP contribution in [0.4, 0.5) is 0 Å². The summed E-state index contributed by atoms with van der Waals surface area (Å²) in [6.07, 6.45) is 3.73. The highest BCUT2D eigenvalue weighted by Crippen LogP contribution is 2.24. The summed E-state index contributed by atoms with van der Waals surface area (Å²) in [7, 11) is 0. The molecule has 1 saturated heterocycles. The van der Waals surface area contributed by atoms with Crippen LogP contribution in [0.5, 0.6) is 0 Å². The molecule has 1 unspecified atom stereocenters. The van der Waals surface area contributed by atoms with Crippen molar-refractivity contribution in [3.05, 3.63) is 20.8 Å². The quantitative estimate of drug-likeness (QED) is 0.926. The van der Waals surface area contributed by atoms with Crippen molar-refractivity contribution >= 4 is 33.0 Å². The summed E-state index contributed by atoms with van der Waals surface area (Å²) in [6, 6.07) is 2.01.